The third-order valence-electron chi connectivity index (χ3n) is 4.36. The molecule has 0 amide bonds. The van der Waals surface area contributed by atoms with Crippen LogP contribution in [-0.4, -0.2) is 49.1 Å². The molecular weight excluding hydrogens is 360 g/mol. The minimum Gasteiger partial charge on any atom is -0.494 e. The third kappa shape index (κ3) is 4.94. The minimum absolute atomic E-state index is 0.0124. The van der Waals surface area contributed by atoms with Gasteiger partial charge in [-0.2, -0.15) is 10.2 Å². The summed E-state index contributed by atoms with van der Waals surface area (Å²) in [5, 5.41) is 9.75. The molecule has 0 aromatic heterocycles. The second-order valence-corrected chi connectivity index (χ2v) is 8.16. The first-order chi connectivity index (χ1) is 12.4. The first-order valence-corrected chi connectivity index (χ1v) is 10.2. The summed E-state index contributed by atoms with van der Waals surface area (Å²) in [4.78, 5) is 16.1. The van der Waals surface area contributed by atoms with Crippen molar-refractivity contribution in [2.75, 3.05) is 13.2 Å². The van der Waals surface area contributed by atoms with Crippen LogP contribution in [0.5, 0.6) is 5.75 Å². The number of rotatable bonds is 8. The Kier molecular flexibility index (Phi) is 7.39. The van der Waals surface area contributed by atoms with Crippen LogP contribution in [0.3, 0.4) is 0 Å². The number of sulfonamides is 1. The smallest absolute Gasteiger partial charge is 0.343 e. The predicted molar refractivity (Wildman–Crippen MR) is 94.7 cm³/mol. The average Bonchev–Trinajstić information content (AvgIpc) is 2.64. The van der Waals surface area contributed by atoms with Crippen LogP contribution in [0.2, 0.25) is 0 Å². The molecule has 1 saturated heterocycles. The number of ether oxygens (including phenoxy) is 1. The maximum Gasteiger partial charge on any atom is 0.343 e. The van der Waals surface area contributed by atoms with Crippen molar-refractivity contribution in [2.45, 2.75) is 56.1 Å². The lowest BCUT2D eigenvalue weighted by molar-refractivity contribution is -0.151. The second-order valence-electron chi connectivity index (χ2n) is 6.27. The van der Waals surface area contributed by atoms with Gasteiger partial charge >= 0.3 is 5.97 Å². The number of carbonyl (C=O) groups excluding carboxylic acids is 1. The zero-order chi connectivity index (χ0) is 19.2. The Balaban J connectivity index is 2.13. The van der Waals surface area contributed by atoms with Crippen LogP contribution in [0.4, 0.5) is 0 Å². The van der Waals surface area contributed by atoms with Gasteiger partial charge in [0, 0.05) is 13.0 Å². The third-order valence-corrected chi connectivity index (χ3v) is 6.28. The molecule has 1 aromatic rings. The van der Waals surface area contributed by atoms with Gasteiger partial charge in [-0.3, -0.25) is 0 Å². The molecule has 0 spiro atoms. The van der Waals surface area contributed by atoms with Crippen LogP contribution < -0.4 is 10.6 Å². The van der Waals surface area contributed by atoms with Crippen LogP contribution >= 0.6 is 0 Å². The Morgan fingerprint density at radius 3 is 2.62 bits per heavy atom. The van der Waals surface area contributed by atoms with E-state index in [1.165, 1.54) is 12.1 Å². The Labute approximate surface area is 153 Å². The molecule has 0 aliphatic carbocycles. The van der Waals surface area contributed by atoms with Gasteiger partial charge in [-0.05, 0) is 37.1 Å². The van der Waals surface area contributed by atoms with E-state index in [1.54, 1.807) is 12.1 Å². The number of nitrogens with two attached hydrogens (primary N) is 1. The molecule has 0 radical (unpaired) electrons. The SMILES string of the molecule is CCCCCOc1ccc(S(=O)(=O)N2CCC(O)CC2C(=O)ON)cc1. The molecule has 0 saturated carbocycles. The molecule has 1 aliphatic heterocycles. The van der Waals surface area contributed by atoms with Crippen molar-refractivity contribution in [2.24, 2.45) is 5.90 Å². The molecular formula is C17H26N2O6S. The van der Waals surface area contributed by atoms with Gasteiger partial charge in [0.25, 0.3) is 0 Å². The topological polar surface area (TPSA) is 119 Å². The Morgan fingerprint density at radius 1 is 1.31 bits per heavy atom. The average molecular weight is 386 g/mol. The van der Waals surface area contributed by atoms with Gasteiger partial charge in [0.05, 0.1) is 17.6 Å². The van der Waals surface area contributed by atoms with Crippen LogP contribution in [0, 0.1) is 0 Å². The number of hydrogen-bond acceptors (Lipinski definition) is 7. The van der Waals surface area contributed by atoms with Gasteiger partial charge < -0.3 is 14.7 Å². The minimum atomic E-state index is -3.93. The molecule has 2 unspecified atom stereocenters. The number of hydrogen-bond donors (Lipinski definition) is 2. The highest BCUT2D eigenvalue weighted by Crippen LogP contribution is 2.27. The summed E-state index contributed by atoms with van der Waals surface area (Å²) in [5.74, 6) is 4.62. The van der Waals surface area contributed by atoms with Crippen LogP contribution in [0.25, 0.3) is 0 Å². The summed E-state index contributed by atoms with van der Waals surface area (Å²) in [6.07, 6.45) is 2.53. The molecule has 2 rings (SSSR count). The predicted octanol–water partition coefficient (Wildman–Crippen LogP) is 1.19. The van der Waals surface area contributed by atoms with Crippen molar-refractivity contribution < 1.29 is 27.9 Å². The standard InChI is InChI=1S/C17H26N2O6S/c1-2-3-4-11-24-14-5-7-15(8-6-14)26(22,23)19-10-9-13(20)12-16(19)17(21)25-18/h5-8,13,16,20H,2-4,9-12,18H2,1H3. The zero-order valence-corrected chi connectivity index (χ0v) is 15.7. The first kappa shape index (κ1) is 20.6. The highest BCUT2D eigenvalue weighted by molar-refractivity contribution is 7.89. The highest BCUT2D eigenvalue weighted by atomic mass is 32.2. The summed E-state index contributed by atoms with van der Waals surface area (Å²) in [7, 11) is -3.93. The van der Waals surface area contributed by atoms with Crippen LogP contribution in [0.15, 0.2) is 29.2 Å². The van der Waals surface area contributed by atoms with E-state index in [0.717, 1.165) is 23.6 Å². The van der Waals surface area contributed by atoms with Crippen molar-refractivity contribution in [1.82, 2.24) is 4.31 Å². The molecule has 8 nitrogen and oxygen atoms in total. The van der Waals surface area contributed by atoms with Crippen LogP contribution in [0.1, 0.15) is 39.0 Å². The van der Waals surface area contributed by atoms with E-state index < -0.39 is 28.1 Å². The van der Waals surface area contributed by atoms with Crippen LogP contribution in [-0.2, 0) is 19.7 Å². The molecule has 146 valence electrons. The Hall–Kier alpha value is -1.68. The lowest BCUT2D eigenvalue weighted by atomic mass is 10.0. The summed E-state index contributed by atoms with van der Waals surface area (Å²) < 4.78 is 32.4. The van der Waals surface area contributed by atoms with E-state index in [2.05, 4.69) is 11.8 Å². The lowest BCUT2D eigenvalue weighted by Gasteiger charge is -2.34. The number of nitrogens with zero attached hydrogens (tertiary/aromatic N) is 1. The second kappa shape index (κ2) is 9.31. The maximum absolute atomic E-state index is 12.9. The summed E-state index contributed by atoms with van der Waals surface area (Å²) in [6.45, 7) is 2.69. The monoisotopic (exact) mass is 386 g/mol. The van der Waals surface area contributed by atoms with Gasteiger partial charge in [-0.25, -0.2) is 13.2 Å². The highest BCUT2D eigenvalue weighted by Gasteiger charge is 2.41. The summed E-state index contributed by atoms with van der Waals surface area (Å²) >= 11 is 0. The van der Waals surface area contributed by atoms with Crippen molar-refractivity contribution in [3.63, 3.8) is 0 Å². The van der Waals surface area contributed by atoms with Gasteiger partial charge in [0.1, 0.15) is 11.8 Å². The number of aliphatic hydroxyl groups excluding tert-OH is 1. The summed E-state index contributed by atoms with van der Waals surface area (Å²) in [5.41, 5.74) is 0. The molecule has 1 fully saturated rings. The van der Waals surface area contributed by atoms with E-state index in [0.29, 0.717) is 12.4 Å². The van der Waals surface area contributed by atoms with Gasteiger partial charge in [0.2, 0.25) is 10.0 Å². The fraction of sp³-hybridized carbons (Fsp3) is 0.588. The number of piperidine rings is 1. The van der Waals surface area contributed by atoms with Gasteiger partial charge in [-0.15, -0.1) is 0 Å². The van der Waals surface area contributed by atoms with Crippen molar-refractivity contribution in [3.05, 3.63) is 24.3 Å². The number of unbranched alkanes of at least 4 members (excludes halogenated alkanes) is 2. The first-order valence-electron chi connectivity index (χ1n) is 8.73. The quantitative estimate of drug-likeness (QED) is 0.509. The lowest BCUT2D eigenvalue weighted by Crippen LogP contribution is -2.52. The fourth-order valence-electron chi connectivity index (χ4n) is 2.89. The van der Waals surface area contributed by atoms with E-state index in [4.69, 9.17) is 10.6 Å². The van der Waals surface area contributed by atoms with E-state index in [-0.39, 0.29) is 24.3 Å². The normalized spacial score (nSPS) is 21.3. The van der Waals surface area contributed by atoms with Gasteiger partial charge in [0.15, 0.2) is 0 Å². The molecule has 9 heteroatoms. The molecule has 26 heavy (non-hydrogen) atoms. The molecule has 0 bridgehead atoms. The fourth-order valence-corrected chi connectivity index (χ4v) is 4.49. The van der Waals surface area contributed by atoms with Crippen molar-refractivity contribution in [3.8, 4) is 5.75 Å². The number of aliphatic hydroxyl groups is 1. The molecule has 1 aromatic carbocycles. The van der Waals surface area contributed by atoms with Crippen molar-refractivity contribution in [1.29, 1.82) is 0 Å². The van der Waals surface area contributed by atoms with E-state index >= 15 is 0 Å². The van der Waals surface area contributed by atoms with E-state index in [9.17, 15) is 18.3 Å². The molecule has 2 atom stereocenters. The number of benzene rings is 1. The van der Waals surface area contributed by atoms with Crippen molar-refractivity contribution >= 4 is 16.0 Å². The largest absolute Gasteiger partial charge is 0.494 e. The zero-order valence-electron chi connectivity index (χ0n) is 14.8. The Bertz CT molecular complexity index is 692. The summed E-state index contributed by atoms with van der Waals surface area (Å²) in [6, 6.07) is 4.93. The maximum atomic E-state index is 12.9. The Morgan fingerprint density at radius 2 is 2.00 bits per heavy atom. The van der Waals surface area contributed by atoms with E-state index in [1.807, 2.05) is 0 Å². The molecule has 1 heterocycles. The molecule has 1 aliphatic rings. The number of carbonyl (C=O) groups is 1. The molecule has 3 N–H and O–H groups in total. The van der Waals surface area contributed by atoms with Gasteiger partial charge in [-0.1, -0.05) is 19.8 Å².